The van der Waals surface area contributed by atoms with Crippen LogP contribution in [0.3, 0.4) is 0 Å². The van der Waals surface area contributed by atoms with Crippen molar-refractivity contribution in [1.29, 1.82) is 0 Å². The van der Waals surface area contributed by atoms with Gasteiger partial charge in [0.2, 0.25) is 5.91 Å². The Balaban J connectivity index is 1.51. The van der Waals surface area contributed by atoms with E-state index < -0.39 is 0 Å². The molecule has 1 aliphatic carbocycles. The van der Waals surface area contributed by atoms with Crippen molar-refractivity contribution in [2.24, 2.45) is 5.92 Å². The van der Waals surface area contributed by atoms with Crippen LogP contribution in [-0.4, -0.2) is 34.4 Å². The Bertz CT molecular complexity index is 757. The van der Waals surface area contributed by atoms with Crippen LogP contribution in [0.2, 0.25) is 0 Å². The van der Waals surface area contributed by atoms with Gasteiger partial charge < -0.3 is 10.2 Å². The summed E-state index contributed by atoms with van der Waals surface area (Å²) in [5, 5.41) is 3.45. The highest BCUT2D eigenvalue weighted by atomic mass is 16.2. The van der Waals surface area contributed by atoms with Gasteiger partial charge in [0.05, 0.1) is 0 Å². The molecule has 2 atom stereocenters. The first kappa shape index (κ1) is 17.2. The number of carbonyl (C=O) groups is 1. The summed E-state index contributed by atoms with van der Waals surface area (Å²) in [7, 11) is 0. The van der Waals surface area contributed by atoms with Crippen LogP contribution < -0.4 is 5.32 Å². The van der Waals surface area contributed by atoms with E-state index in [1.165, 1.54) is 5.56 Å². The van der Waals surface area contributed by atoms with Gasteiger partial charge in [-0.25, -0.2) is 0 Å². The number of pyridine rings is 1. The minimum Gasteiger partial charge on any atom is -0.335 e. The molecule has 1 aromatic carbocycles. The smallest absolute Gasteiger partial charge is 0.226 e. The van der Waals surface area contributed by atoms with Crippen LogP contribution in [0.25, 0.3) is 11.1 Å². The van der Waals surface area contributed by atoms with Crippen molar-refractivity contribution in [2.75, 3.05) is 6.54 Å². The maximum atomic E-state index is 13.2. The maximum Gasteiger partial charge on any atom is 0.226 e. The molecule has 2 fully saturated rings. The summed E-state index contributed by atoms with van der Waals surface area (Å²) in [6.45, 7) is 3.85. The molecule has 1 saturated heterocycles. The third kappa shape index (κ3) is 3.96. The molecule has 0 unspecified atom stereocenters. The van der Waals surface area contributed by atoms with E-state index in [2.05, 4.69) is 52.5 Å². The summed E-state index contributed by atoms with van der Waals surface area (Å²) in [5.74, 6) is 0.529. The number of nitrogens with one attached hydrogen (secondary N) is 1. The fourth-order valence-corrected chi connectivity index (χ4v) is 3.94. The molecule has 4 nitrogen and oxygen atoms in total. The minimum atomic E-state index is 0.174. The maximum absolute atomic E-state index is 13.2. The molecule has 1 aliphatic heterocycles. The number of amides is 1. The number of rotatable bonds is 5. The second-order valence-corrected chi connectivity index (χ2v) is 7.72. The van der Waals surface area contributed by atoms with Crippen LogP contribution in [0.5, 0.6) is 0 Å². The van der Waals surface area contributed by atoms with Crippen molar-refractivity contribution in [3.8, 4) is 11.1 Å². The Hall–Kier alpha value is -2.20. The molecule has 0 spiro atoms. The predicted octanol–water partition coefficient (Wildman–Crippen LogP) is 3.63. The zero-order chi connectivity index (χ0) is 17.9. The first-order chi connectivity index (χ1) is 12.7. The number of benzene rings is 1. The van der Waals surface area contributed by atoms with Gasteiger partial charge in [-0.05, 0) is 68.0 Å². The molecule has 1 amide bonds. The zero-order valence-corrected chi connectivity index (χ0v) is 15.4. The average Bonchev–Trinajstić information content (AvgIpc) is 3.52. The lowest BCUT2D eigenvalue weighted by Gasteiger charge is -2.32. The molecule has 1 N–H and O–H groups in total. The third-order valence-corrected chi connectivity index (χ3v) is 5.52. The van der Waals surface area contributed by atoms with Crippen LogP contribution in [0.1, 0.15) is 38.2 Å². The van der Waals surface area contributed by atoms with Crippen LogP contribution in [0.15, 0.2) is 48.8 Å². The molecule has 136 valence electrons. The number of aromatic nitrogens is 1. The SMILES string of the molecule is C[C@H]1C[C@@H](C(=O)N(Cc2cccc(-c3cccnc3)c2)C2CC2)CCN1. The Kier molecular flexibility index (Phi) is 5.02. The standard InChI is InChI=1S/C22H27N3O/c1-16-12-19(9-11-24-16)22(26)25(21-7-8-21)15-17-4-2-5-18(13-17)20-6-3-10-23-14-20/h2-6,10,13-14,16,19,21,24H,7-9,11-12,15H2,1H3/t16-,19-/m0/s1. The van der Waals surface area contributed by atoms with Gasteiger partial charge in [0.25, 0.3) is 0 Å². The quantitative estimate of drug-likeness (QED) is 0.896. The van der Waals surface area contributed by atoms with Crippen LogP contribution >= 0.6 is 0 Å². The fourth-order valence-electron chi connectivity index (χ4n) is 3.94. The Morgan fingerprint density at radius 3 is 2.77 bits per heavy atom. The van der Waals surface area contributed by atoms with Gasteiger partial charge in [-0.2, -0.15) is 0 Å². The van der Waals surface area contributed by atoms with E-state index in [1.54, 1.807) is 6.20 Å². The van der Waals surface area contributed by atoms with E-state index >= 15 is 0 Å². The van der Waals surface area contributed by atoms with E-state index in [0.717, 1.165) is 49.9 Å². The van der Waals surface area contributed by atoms with Gasteiger partial charge in [0, 0.05) is 36.9 Å². The Morgan fingerprint density at radius 2 is 2.04 bits per heavy atom. The van der Waals surface area contributed by atoms with Gasteiger partial charge in [-0.1, -0.05) is 24.3 Å². The molecule has 0 radical (unpaired) electrons. The predicted molar refractivity (Wildman–Crippen MR) is 103 cm³/mol. The minimum absolute atomic E-state index is 0.174. The van der Waals surface area contributed by atoms with Crippen LogP contribution in [-0.2, 0) is 11.3 Å². The first-order valence-corrected chi connectivity index (χ1v) is 9.74. The van der Waals surface area contributed by atoms with Crippen molar-refractivity contribution in [3.63, 3.8) is 0 Å². The van der Waals surface area contributed by atoms with Crippen LogP contribution in [0.4, 0.5) is 0 Å². The topological polar surface area (TPSA) is 45.2 Å². The van der Waals surface area contributed by atoms with Crippen molar-refractivity contribution >= 4 is 5.91 Å². The van der Waals surface area contributed by atoms with E-state index in [0.29, 0.717) is 18.0 Å². The van der Waals surface area contributed by atoms with Crippen molar-refractivity contribution in [2.45, 2.75) is 51.2 Å². The summed E-state index contributed by atoms with van der Waals surface area (Å²) in [4.78, 5) is 19.5. The largest absolute Gasteiger partial charge is 0.335 e. The highest BCUT2D eigenvalue weighted by molar-refractivity contribution is 5.79. The van der Waals surface area contributed by atoms with Crippen molar-refractivity contribution in [1.82, 2.24) is 15.2 Å². The second-order valence-electron chi connectivity index (χ2n) is 7.72. The van der Waals surface area contributed by atoms with Crippen LogP contribution in [0, 0.1) is 5.92 Å². The van der Waals surface area contributed by atoms with E-state index in [-0.39, 0.29) is 5.92 Å². The molecule has 4 heteroatoms. The molecule has 1 saturated carbocycles. The number of hydrogen-bond donors (Lipinski definition) is 1. The monoisotopic (exact) mass is 349 g/mol. The molecular weight excluding hydrogens is 322 g/mol. The second kappa shape index (κ2) is 7.58. The van der Waals surface area contributed by atoms with Gasteiger partial charge in [-0.3, -0.25) is 9.78 Å². The van der Waals surface area contributed by atoms with Gasteiger partial charge >= 0.3 is 0 Å². The summed E-state index contributed by atoms with van der Waals surface area (Å²) >= 11 is 0. The Morgan fingerprint density at radius 1 is 1.19 bits per heavy atom. The first-order valence-electron chi connectivity index (χ1n) is 9.74. The molecule has 2 aromatic rings. The molecule has 4 rings (SSSR count). The normalized spacial score (nSPS) is 22.8. The summed E-state index contributed by atoms with van der Waals surface area (Å²) in [5.41, 5.74) is 3.48. The molecule has 1 aromatic heterocycles. The van der Waals surface area contributed by atoms with Gasteiger partial charge in [0.15, 0.2) is 0 Å². The highest BCUT2D eigenvalue weighted by Gasteiger charge is 2.36. The number of carbonyl (C=O) groups excluding carboxylic acids is 1. The van der Waals surface area contributed by atoms with Crippen molar-refractivity contribution < 1.29 is 4.79 Å². The molecule has 26 heavy (non-hydrogen) atoms. The third-order valence-electron chi connectivity index (χ3n) is 5.52. The number of nitrogens with zero attached hydrogens (tertiary/aromatic N) is 2. The summed E-state index contributed by atoms with van der Waals surface area (Å²) in [6, 6.07) is 13.4. The lowest BCUT2D eigenvalue weighted by molar-refractivity contribution is -0.138. The summed E-state index contributed by atoms with van der Waals surface area (Å²) < 4.78 is 0. The average molecular weight is 349 g/mol. The Labute approximate surface area is 155 Å². The van der Waals surface area contributed by atoms with E-state index in [4.69, 9.17) is 0 Å². The number of piperidine rings is 1. The van der Waals surface area contributed by atoms with Gasteiger partial charge in [-0.15, -0.1) is 0 Å². The van der Waals surface area contributed by atoms with Gasteiger partial charge in [0.1, 0.15) is 0 Å². The molecule has 2 aliphatic rings. The van der Waals surface area contributed by atoms with E-state index in [9.17, 15) is 4.79 Å². The fraction of sp³-hybridized carbons (Fsp3) is 0.455. The van der Waals surface area contributed by atoms with Crippen molar-refractivity contribution in [3.05, 3.63) is 54.4 Å². The molecule has 2 heterocycles. The highest BCUT2D eigenvalue weighted by Crippen LogP contribution is 2.32. The lowest BCUT2D eigenvalue weighted by Crippen LogP contribution is -2.44. The lowest BCUT2D eigenvalue weighted by atomic mass is 9.91. The molecule has 0 bridgehead atoms. The zero-order valence-electron chi connectivity index (χ0n) is 15.4. The molecular formula is C22H27N3O. The summed E-state index contributed by atoms with van der Waals surface area (Å²) in [6.07, 6.45) is 7.89. The van der Waals surface area contributed by atoms with E-state index in [1.807, 2.05) is 12.3 Å². The number of hydrogen-bond acceptors (Lipinski definition) is 3.